The zero-order chi connectivity index (χ0) is 16.1. The summed E-state index contributed by atoms with van der Waals surface area (Å²) in [5.41, 5.74) is 4.98. The van der Waals surface area contributed by atoms with Gasteiger partial charge in [0.2, 0.25) is 0 Å². The third-order valence-electron chi connectivity index (χ3n) is 4.05. The van der Waals surface area contributed by atoms with E-state index in [2.05, 4.69) is 41.5 Å². The lowest BCUT2D eigenvalue weighted by Crippen LogP contribution is -2.09. The second-order valence-corrected chi connectivity index (χ2v) is 5.61. The summed E-state index contributed by atoms with van der Waals surface area (Å²) < 4.78 is 1.84. The van der Waals surface area contributed by atoms with Crippen molar-refractivity contribution in [1.29, 1.82) is 0 Å². The van der Waals surface area contributed by atoms with E-state index in [0.717, 1.165) is 24.8 Å². The first-order valence-electron chi connectivity index (χ1n) is 7.74. The average Bonchev–Trinajstić information content (AvgIpc) is 2.98. The molecular weight excluding hydrogens is 286 g/mol. The van der Waals surface area contributed by atoms with Gasteiger partial charge in [0.15, 0.2) is 6.29 Å². The van der Waals surface area contributed by atoms with Crippen LogP contribution in [-0.4, -0.2) is 21.3 Å². The third-order valence-corrected chi connectivity index (χ3v) is 4.05. The topological polar surface area (TPSA) is 47.8 Å². The summed E-state index contributed by atoms with van der Waals surface area (Å²) in [6, 6.07) is 18.4. The van der Waals surface area contributed by atoms with Crippen LogP contribution in [0, 0.1) is 6.92 Å². The fourth-order valence-corrected chi connectivity index (χ4v) is 2.68. The molecule has 0 amide bonds. The number of rotatable bonds is 6. The van der Waals surface area contributed by atoms with Crippen LogP contribution in [0.3, 0.4) is 0 Å². The van der Waals surface area contributed by atoms with Crippen molar-refractivity contribution in [2.45, 2.75) is 26.3 Å². The molecule has 0 aliphatic rings. The van der Waals surface area contributed by atoms with Gasteiger partial charge in [0, 0.05) is 0 Å². The van der Waals surface area contributed by atoms with Gasteiger partial charge in [-0.05, 0) is 36.5 Å². The minimum atomic E-state index is 0.439. The first kappa shape index (κ1) is 15.2. The number of nitrogens with zero attached hydrogens (tertiary/aromatic N) is 3. The van der Waals surface area contributed by atoms with Crippen molar-refractivity contribution in [1.82, 2.24) is 15.0 Å². The van der Waals surface area contributed by atoms with Gasteiger partial charge in [-0.2, -0.15) is 0 Å². The van der Waals surface area contributed by atoms with E-state index in [1.54, 1.807) is 0 Å². The van der Waals surface area contributed by atoms with Crippen LogP contribution >= 0.6 is 0 Å². The fourth-order valence-electron chi connectivity index (χ4n) is 2.68. The summed E-state index contributed by atoms with van der Waals surface area (Å²) in [5.74, 6) is 0. The van der Waals surface area contributed by atoms with Gasteiger partial charge >= 0.3 is 0 Å². The molecule has 1 heterocycles. The predicted molar refractivity (Wildman–Crippen MR) is 89.5 cm³/mol. The molecule has 4 nitrogen and oxygen atoms in total. The molecule has 0 radical (unpaired) electrons. The second kappa shape index (κ2) is 7.01. The Bertz CT molecular complexity index is 793. The summed E-state index contributed by atoms with van der Waals surface area (Å²) >= 11 is 0. The van der Waals surface area contributed by atoms with Crippen molar-refractivity contribution < 1.29 is 4.79 Å². The van der Waals surface area contributed by atoms with E-state index in [1.165, 1.54) is 16.7 Å². The molecule has 0 aliphatic heterocycles. The number of hydrogen-bond donors (Lipinski definition) is 0. The highest BCUT2D eigenvalue weighted by molar-refractivity contribution is 5.73. The first-order valence-corrected chi connectivity index (χ1v) is 7.74. The summed E-state index contributed by atoms with van der Waals surface area (Å²) in [4.78, 5) is 11.3. The molecule has 3 aromatic rings. The molecule has 0 fully saturated rings. The lowest BCUT2D eigenvalue weighted by Gasteiger charge is -2.09. The standard InChI is InChI=1S/C19H19N3O/c1-15-7-5-6-10-17(15)13-22-19(18(14-23)20-21-22)12-11-16-8-3-2-4-9-16/h2-10,14H,11-13H2,1H3. The highest BCUT2D eigenvalue weighted by Gasteiger charge is 2.13. The maximum absolute atomic E-state index is 11.3. The van der Waals surface area contributed by atoms with Crippen LogP contribution in [-0.2, 0) is 19.4 Å². The Morgan fingerprint density at radius 3 is 2.48 bits per heavy atom. The van der Waals surface area contributed by atoms with Gasteiger partial charge in [-0.1, -0.05) is 59.8 Å². The number of hydrogen-bond acceptors (Lipinski definition) is 3. The molecule has 0 spiro atoms. The summed E-state index contributed by atoms with van der Waals surface area (Å²) in [6.45, 7) is 2.72. The smallest absolute Gasteiger partial charge is 0.172 e. The Kier molecular flexibility index (Phi) is 4.62. The fraction of sp³-hybridized carbons (Fsp3) is 0.211. The minimum Gasteiger partial charge on any atom is -0.296 e. The lowest BCUT2D eigenvalue weighted by molar-refractivity contribution is 0.111. The van der Waals surface area contributed by atoms with Crippen LogP contribution in [0.5, 0.6) is 0 Å². The minimum absolute atomic E-state index is 0.439. The predicted octanol–water partition coefficient (Wildman–Crippen LogP) is 3.23. The van der Waals surface area contributed by atoms with E-state index in [-0.39, 0.29) is 0 Å². The zero-order valence-corrected chi connectivity index (χ0v) is 13.1. The zero-order valence-electron chi connectivity index (χ0n) is 13.1. The highest BCUT2D eigenvalue weighted by Crippen LogP contribution is 2.14. The molecule has 0 unspecified atom stereocenters. The van der Waals surface area contributed by atoms with Crippen molar-refractivity contribution >= 4 is 6.29 Å². The number of aryl methyl sites for hydroxylation is 2. The van der Waals surface area contributed by atoms with Crippen LogP contribution in [0.25, 0.3) is 0 Å². The summed E-state index contributed by atoms with van der Waals surface area (Å²) in [5, 5.41) is 8.19. The Balaban J connectivity index is 1.83. The van der Waals surface area contributed by atoms with Gasteiger partial charge in [0.05, 0.1) is 12.2 Å². The van der Waals surface area contributed by atoms with E-state index in [9.17, 15) is 4.79 Å². The molecule has 0 saturated heterocycles. The summed E-state index contributed by atoms with van der Waals surface area (Å²) in [7, 11) is 0. The van der Waals surface area contributed by atoms with Gasteiger partial charge in [-0.25, -0.2) is 4.68 Å². The van der Waals surface area contributed by atoms with Gasteiger partial charge in [0.25, 0.3) is 0 Å². The average molecular weight is 305 g/mol. The Morgan fingerprint density at radius 1 is 1.00 bits per heavy atom. The monoisotopic (exact) mass is 305 g/mol. The Morgan fingerprint density at radius 2 is 1.74 bits per heavy atom. The van der Waals surface area contributed by atoms with Crippen molar-refractivity contribution in [3.05, 3.63) is 82.7 Å². The van der Waals surface area contributed by atoms with Gasteiger partial charge in [-0.3, -0.25) is 4.79 Å². The molecule has 0 atom stereocenters. The van der Waals surface area contributed by atoms with Crippen molar-refractivity contribution in [2.24, 2.45) is 0 Å². The Hall–Kier alpha value is -2.75. The van der Waals surface area contributed by atoms with Crippen molar-refractivity contribution in [3.8, 4) is 0 Å². The van der Waals surface area contributed by atoms with Crippen LogP contribution in [0.2, 0.25) is 0 Å². The van der Waals surface area contributed by atoms with Crippen LogP contribution in [0.4, 0.5) is 0 Å². The molecule has 0 N–H and O–H groups in total. The van der Waals surface area contributed by atoms with E-state index in [1.807, 2.05) is 35.0 Å². The normalized spacial score (nSPS) is 10.7. The molecule has 23 heavy (non-hydrogen) atoms. The second-order valence-electron chi connectivity index (χ2n) is 5.61. The third kappa shape index (κ3) is 3.54. The van der Waals surface area contributed by atoms with Crippen LogP contribution in [0.15, 0.2) is 54.6 Å². The number of aromatic nitrogens is 3. The quantitative estimate of drug-likeness (QED) is 0.657. The molecule has 116 valence electrons. The highest BCUT2D eigenvalue weighted by atomic mass is 16.1. The molecule has 0 saturated carbocycles. The molecule has 2 aromatic carbocycles. The molecule has 3 rings (SSSR count). The van der Waals surface area contributed by atoms with E-state index >= 15 is 0 Å². The molecule has 4 heteroatoms. The van der Waals surface area contributed by atoms with Crippen molar-refractivity contribution in [3.63, 3.8) is 0 Å². The SMILES string of the molecule is Cc1ccccc1Cn1nnc(C=O)c1CCc1ccccc1. The van der Waals surface area contributed by atoms with E-state index in [4.69, 9.17) is 0 Å². The Labute approximate surface area is 135 Å². The van der Waals surface area contributed by atoms with Gasteiger partial charge in [-0.15, -0.1) is 5.10 Å². The maximum Gasteiger partial charge on any atom is 0.172 e. The number of carbonyl (C=O) groups excluding carboxylic acids is 1. The van der Waals surface area contributed by atoms with E-state index < -0.39 is 0 Å². The molecule has 0 bridgehead atoms. The lowest BCUT2D eigenvalue weighted by atomic mass is 10.1. The largest absolute Gasteiger partial charge is 0.296 e. The first-order chi connectivity index (χ1) is 11.3. The van der Waals surface area contributed by atoms with Gasteiger partial charge < -0.3 is 0 Å². The number of carbonyl (C=O) groups is 1. The molecule has 1 aromatic heterocycles. The number of benzene rings is 2. The summed E-state index contributed by atoms with van der Waals surface area (Å²) in [6.07, 6.45) is 2.40. The number of aldehydes is 1. The van der Waals surface area contributed by atoms with E-state index in [0.29, 0.717) is 12.2 Å². The van der Waals surface area contributed by atoms with Crippen molar-refractivity contribution in [2.75, 3.05) is 0 Å². The van der Waals surface area contributed by atoms with Gasteiger partial charge in [0.1, 0.15) is 5.69 Å². The molecular formula is C19H19N3O. The van der Waals surface area contributed by atoms with Crippen LogP contribution < -0.4 is 0 Å². The molecule has 0 aliphatic carbocycles. The van der Waals surface area contributed by atoms with Crippen LogP contribution in [0.1, 0.15) is 32.9 Å². The maximum atomic E-state index is 11.3.